The van der Waals surface area contributed by atoms with Gasteiger partial charge in [-0.15, -0.1) is 0 Å². The first kappa shape index (κ1) is 20.5. The van der Waals surface area contributed by atoms with Crippen LogP contribution in [-0.4, -0.2) is 34.3 Å². The molecule has 152 valence electrons. The lowest BCUT2D eigenvalue weighted by molar-refractivity contribution is -0.343. The SMILES string of the molecule is C[C@]12CCCC(O)[C@@H]1CC=C2C1(CC#CC(O)(C(F)(F)F)C(F)(F)F)CC1. The summed E-state index contributed by atoms with van der Waals surface area (Å²) in [5.74, 6) is 3.10. The van der Waals surface area contributed by atoms with Crippen molar-refractivity contribution < 1.29 is 36.6 Å². The molecule has 0 saturated heterocycles. The molecule has 3 aliphatic carbocycles. The van der Waals surface area contributed by atoms with E-state index < -0.39 is 29.5 Å². The van der Waals surface area contributed by atoms with Gasteiger partial charge in [-0.2, -0.15) is 26.3 Å². The van der Waals surface area contributed by atoms with E-state index in [9.17, 15) is 31.4 Å². The summed E-state index contributed by atoms with van der Waals surface area (Å²) in [6, 6.07) is 0. The lowest BCUT2D eigenvalue weighted by atomic mass is 9.62. The highest BCUT2D eigenvalue weighted by Crippen LogP contribution is 2.66. The van der Waals surface area contributed by atoms with Gasteiger partial charge in [-0.05, 0) is 55.8 Å². The fourth-order valence-corrected chi connectivity index (χ4v) is 4.88. The normalized spacial score (nSPS) is 33.0. The van der Waals surface area contributed by atoms with Crippen molar-refractivity contribution in [3.8, 4) is 11.8 Å². The summed E-state index contributed by atoms with van der Waals surface area (Å²) in [5.41, 5.74) is -4.84. The predicted octanol–water partition coefficient (Wildman–Crippen LogP) is 4.51. The van der Waals surface area contributed by atoms with Crippen LogP contribution in [0, 0.1) is 28.6 Å². The number of alkyl halides is 6. The van der Waals surface area contributed by atoms with Gasteiger partial charge in [-0.1, -0.05) is 24.5 Å². The standard InChI is InChI=1S/C19H22F6O2/c1-15-7-2-4-13(26)12(15)5-6-14(15)16(10-11-16)8-3-9-17(27,18(20,21)22)19(23,24)25/h6,12-13,26-27H,2,4-5,7-8,10-11H2,1H3/t12-,13?,15-/m0/s1. The first-order chi connectivity index (χ1) is 12.3. The van der Waals surface area contributed by atoms with Crippen molar-refractivity contribution in [1.82, 2.24) is 0 Å². The minimum atomic E-state index is -5.92. The third-order valence-electron chi connectivity index (χ3n) is 6.61. The van der Waals surface area contributed by atoms with E-state index in [1.165, 1.54) is 0 Å². The molecule has 1 unspecified atom stereocenters. The second-order valence-corrected chi connectivity index (χ2v) is 8.30. The Morgan fingerprint density at radius 1 is 1.11 bits per heavy atom. The summed E-state index contributed by atoms with van der Waals surface area (Å²) in [6.07, 6.45) is -6.14. The van der Waals surface area contributed by atoms with Gasteiger partial charge in [0.2, 0.25) is 0 Å². The maximum absolute atomic E-state index is 12.8. The highest BCUT2D eigenvalue weighted by atomic mass is 19.4. The van der Waals surface area contributed by atoms with Crippen molar-refractivity contribution in [3.05, 3.63) is 11.6 Å². The molecular formula is C19H22F6O2. The van der Waals surface area contributed by atoms with E-state index in [0.717, 1.165) is 24.3 Å². The molecule has 0 bridgehead atoms. The van der Waals surface area contributed by atoms with E-state index in [4.69, 9.17) is 5.11 Å². The highest BCUT2D eigenvalue weighted by molar-refractivity contribution is 5.37. The Balaban J connectivity index is 1.83. The molecule has 3 aliphatic rings. The van der Waals surface area contributed by atoms with Gasteiger partial charge in [-0.25, -0.2) is 0 Å². The number of halogens is 6. The van der Waals surface area contributed by atoms with E-state index in [2.05, 4.69) is 0 Å². The summed E-state index contributed by atoms with van der Waals surface area (Å²) in [5, 5.41) is 19.4. The molecular weight excluding hydrogens is 374 g/mol. The van der Waals surface area contributed by atoms with Gasteiger partial charge in [0.15, 0.2) is 0 Å². The molecule has 0 aliphatic heterocycles. The molecule has 0 aromatic carbocycles. The molecule has 2 N–H and O–H groups in total. The molecule has 2 nitrogen and oxygen atoms in total. The van der Waals surface area contributed by atoms with Crippen LogP contribution < -0.4 is 0 Å². The Morgan fingerprint density at radius 3 is 2.22 bits per heavy atom. The fraction of sp³-hybridized carbons (Fsp3) is 0.789. The third-order valence-corrected chi connectivity index (χ3v) is 6.61. The van der Waals surface area contributed by atoms with E-state index >= 15 is 0 Å². The Labute approximate surface area is 153 Å². The molecule has 2 fully saturated rings. The second kappa shape index (κ2) is 6.15. The molecule has 0 spiro atoms. The number of aliphatic hydroxyl groups is 2. The maximum atomic E-state index is 12.8. The summed E-state index contributed by atoms with van der Waals surface area (Å²) in [6.45, 7) is 2.02. The zero-order chi connectivity index (χ0) is 20.3. The number of rotatable bonds is 2. The Morgan fingerprint density at radius 2 is 1.70 bits per heavy atom. The van der Waals surface area contributed by atoms with Crippen LogP contribution in [0.25, 0.3) is 0 Å². The van der Waals surface area contributed by atoms with Crippen molar-refractivity contribution in [2.75, 3.05) is 0 Å². The van der Waals surface area contributed by atoms with Gasteiger partial charge in [0.1, 0.15) is 0 Å². The van der Waals surface area contributed by atoms with Crippen LogP contribution in [0.2, 0.25) is 0 Å². The Bertz CT molecular complexity index is 678. The van der Waals surface area contributed by atoms with E-state index in [-0.39, 0.29) is 17.8 Å². The summed E-state index contributed by atoms with van der Waals surface area (Å²) < 4.78 is 76.5. The van der Waals surface area contributed by atoms with Crippen LogP contribution in [0.4, 0.5) is 26.3 Å². The van der Waals surface area contributed by atoms with E-state index in [1.807, 2.05) is 18.9 Å². The van der Waals surface area contributed by atoms with Gasteiger partial charge < -0.3 is 10.2 Å². The molecule has 0 radical (unpaired) electrons. The second-order valence-electron chi connectivity index (χ2n) is 8.30. The van der Waals surface area contributed by atoms with Crippen LogP contribution in [0.5, 0.6) is 0 Å². The molecule has 0 aromatic heterocycles. The van der Waals surface area contributed by atoms with Gasteiger partial charge in [-0.3, -0.25) is 0 Å². The van der Waals surface area contributed by atoms with Crippen LogP contribution >= 0.6 is 0 Å². The summed E-state index contributed by atoms with van der Waals surface area (Å²) >= 11 is 0. The first-order valence-corrected chi connectivity index (χ1v) is 9.02. The van der Waals surface area contributed by atoms with Crippen molar-refractivity contribution in [2.24, 2.45) is 16.7 Å². The van der Waals surface area contributed by atoms with E-state index in [1.54, 1.807) is 0 Å². The zero-order valence-electron chi connectivity index (χ0n) is 14.8. The van der Waals surface area contributed by atoms with Crippen LogP contribution in [0.15, 0.2) is 11.6 Å². The molecule has 0 amide bonds. The van der Waals surface area contributed by atoms with E-state index in [0.29, 0.717) is 25.7 Å². The smallest absolute Gasteiger partial charge is 0.393 e. The summed E-state index contributed by atoms with van der Waals surface area (Å²) in [4.78, 5) is 0. The number of allylic oxidation sites excluding steroid dienone is 2. The predicted molar refractivity (Wildman–Crippen MR) is 85.3 cm³/mol. The van der Waals surface area contributed by atoms with Crippen molar-refractivity contribution in [1.29, 1.82) is 0 Å². The molecule has 0 aromatic rings. The average Bonchev–Trinajstić information content (AvgIpc) is 3.19. The molecule has 0 heterocycles. The Hall–Kier alpha value is -1.20. The lowest BCUT2D eigenvalue weighted by Crippen LogP contribution is -2.55. The number of fused-ring (bicyclic) bond motifs is 1. The van der Waals surface area contributed by atoms with Crippen molar-refractivity contribution >= 4 is 0 Å². The molecule has 2 saturated carbocycles. The van der Waals surface area contributed by atoms with Crippen molar-refractivity contribution in [3.63, 3.8) is 0 Å². The monoisotopic (exact) mass is 396 g/mol. The lowest BCUT2D eigenvalue weighted by Gasteiger charge is -2.44. The zero-order valence-corrected chi connectivity index (χ0v) is 14.8. The van der Waals surface area contributed by atoms with Crippen LogP contribution in [0.3, 0.4) is 0 Å². The number of hydrogen-bond acceptors (Lipinski definition) is 2. The van der Waals surface area contributed by atoms with Gasteiger partial charge >= 0.3 is 18.0 Å². The van der Waals surface area contributed by atoms with Gasteiger partial charge in [0, 0.05) is 11.8 Å². The van der Waals surface area contributed by atoms with Gasteiger partial charge in [0.05, 0.1) is 6.10 Å². The quantitative estimate of drug-likeness (QED) is 0.410. The van der Waals surface area contributed by atoms with Crippen molar-refractivity contribution in [2.45, 2.75) is 75.9 Å². The minimum Gasteiger partial charge on any atom is -0.393 e. The van der Waals surface area contributed by atoms with Crippen LogP contribution in [-0.2, 0) is 0 Å². The maximum Gasteiger partial charge on any atom is 0.438 e. The average molecular weight is 396 g/mol. The summed E-state index contributed by atoms with van der Waals surface area (Å²) in [7, 11) is 0. The molecule has 8 heteroatoms. The van der Waals surface area contributed by atoms with Gasteiger partial charge in [0.25, 0.3) is 0 Å². The highest BCUT2D eigenvalue weighted by Gasteiger charge is 2.70. The van der Waals surface area contributed by atoms with Crippen LogP contribution in [0.1, 0.15) is 51.9 Å². The Kier molecular flexibility index (Phi) is 4.68. The first-order valence-electron chi connectivity index (χ1n) is 9.02. The molecule has 27 heavy (non-hydrogen) atoms. The molecule has 3 rings (SSSR count). The topological polar surface area (TPSA) is 40.5 Å². The molecule has 3 atom stereocenters. The third kappa shape index (κ3) is 3.17. The number of aliphatic hydroxyl groups excluding tert-OH is 1. The minimum absolute atomic E-state index is 0.0361. The number of hydrogen-bond donors (Lipinski definition) is 2. The fourth-order valence-electron chi connectivity index (χ4n) is 4.88. The largest absolute Gasteiger partial charge is 0.438 e.